The number of morpholine rings is 1. The number of esters is 1. The fourth-order valence-corrected chi connectivity index (χ4v) is 4.42. The van der Waals surface area contributed by atoms with Crippen molar-refractivity contribution in [3.63, 3.8) is 0 Å². The molecule has 0 atom stereocenters. The Balaban J connectivity index is 1.38. The average molecular weight is 566 g/mol. The lowest BCUT2D eigenvalue weighted by molar-refractivity contribution is 0.0516. The van der Waals surface area contributed by atoms with Gasteiger partial charge in [-0.25, -0.2) is 19.6 Å². The molecule has 3 aromatic heterocycles. The fourth-order valence-electron chi connectivity index (χ4n) is 4.42. The summed E-state index contributed by atoms with van der Waals surface area (Å²) in [6.45, 7) is 11.1. The number of benzene rings is 1. The minimum Gasteiger partial charge on any atom is -0.462 e. The quantitative estimate of drug-likeness (QED) is 0.256. The van der Waals surface area contributed by atoms with Crippen molar-refractivity contribution < 1.29 is 23.8 Å². The summed E-state index contributed by atoms with van der Waals surface area (Å²) in [4.78, 5) is 48.6. The van der Waals surface area contributed by atoms with Crippen molar-refractivity contribution in [2.45, 2.75) is 46.4 Å². The Kier molecular flexibility index (Phi) is 8.19. The molecule has 3 N–H and O–H groups in total. The molecule has 14 heteroatoms. The molecule has 0 bridgehead atoms. The lowest BCUT2D eigenvalue weighted by Crippen LogP contribution is -2.37. The highest BCUT2D eigenvalue weighted by Crippen LogP contribution is 2.24. The van der Waals surface area contributed by atoms with E-state index in [-0.39, 0.29) is 6.61 Å². The van der Waals surface area contributed by atoms with E-state index < -0.39 is 17.7 Å². The Hall–Kier alpha value is -4.46. The van der Waals surface area contributed by atoms with Crippen molar-refractivity contribution in [1.82, 2.24) is 34.8 Å². The van der Waals surface area contributed by atoms with Gasteiger partial charge in [0.1, 0.15) is 16.9 Å². The fraction of sp³-hybridized carbons (Fsp3) is 0.481. The monoisotopic (exact) mass is 565 g/mol. The number of carbonyl (C=O) groups is 2. The number of nitrogens with zero attached hydrogens (tertiary/aromatic N) is 6. The molecule has 0 saturated carbocycles. The van der Waals surface area contributed by atoms with Crippen LogP contribution >= 0.6 is 0 Å². The number of rotatable bonds is 9. The SMILES string of the molecule is CCOC(=O)c1cccc2[nH]c(CNc3nc(N4CCOCC4)nc4c3ncn4CCNC(=O)OC(C)(C)C)nc12. The van der Waals surface area contributed by atoms with Gasteiger partial charge >= 0.3 is 12.1 Å². The number of para-hydroxylation sites is 1. The molecule has 4 heterocycles. The molecule has 1 aliphatic heterocycles. The number of amides is 1. The number of carbonyl (C=O) groups excluding carboxylic acids is 2. The maximum absolute atomic E-state index is 12.4. The number of H-pyrrole nitrogens is 1. The van der Waals surface area contributed by atoms with Gasteiger partial charge in [0, 0.05) is 26.2 Å². The predicted octanol–water partition coefficient (Wildman–Crippen LogP) is 2.85. The number of hydrogen-bond acceptors (Lipinski definition) is 11. The molecule has 41 heavy (non-hydrogen) atoms. The Morgan fingerprint density at radius 1 is 1.12 bits per heavy atom. The van der Waals surface area contributed by atoms with Crippen LogP contribution in [0, 0.1) is 0 Å². The third kappa shape index (κ3) is 6.65. The summed E-state index contributed by atoms with van der Waals surface area (Å²) in [6, 6.07) is 5.35. The molecule has 1 aromatic carbocycles. The summed E-state index contributed by atoms with van der Waals surface area (Å²) >= 11 is 0. The summed E-state index contributed by atoms with van der Waals surface area (Å²) in [7, 11) is 0. The minimum absolute atomic E-state index is 0.285. The Bertz CT molecular complexity index is 1540. The van der Waals surface area contributed by atoms with E-state index >= 15 is 0 Å². The van der Waals surface area contributed by atoms with E-state index in [0.717, 1.165) is 5.52 Å². The zero-order valence-corrected chi connectivity index (χ0v) is 23.7. The van der Waals surface area contributed by atoms with Crippen LogP contribution in [0.15, 0.2) is 24.5 Å². The van der Waals surface area contributed by atoms with Gasteiger partial charge in [0.2, 0.25) is 5.95 Å². The van der Waals surface area contributed by atoms with Crippen LogP contribution in [0.4, 0.5) is 16.6 Å². The van der Waals surface area contributed by atoms with Gasteiger partial charge in [0.05, 0.1) is 43.8 Å². The molecular formula is C27H35N9O5. The van der Waals surface area contributed by atoms with Gasteiger partial charge in [-0.15, -0.1) is 0 Å². The van der Waals surface area contributed by atoms with Gasteiger partial charge in [0.25, 0.3) is 0 Å². The van der Waals surface area contributed by atoms with E-state index in [1.165, 1.54) is 0 Å². The van der Waals surface area contributed by atoms with E-state index in [2.05, 4.69) is 30.5 Å². The van der Waals surface area contributed by atoms with Crippen molar-refractivity contribution >= 4 is 46.0 Å². The number of aromatic nitrogens is 6. The summed E-state index contributed by atoms with van der Waals surface area (Å²) in [5.74, 6) is 1.31. The lowest BCUT2D eigenvalue weighted by Gasteiger charge is -2.27. The highest BCUT2D eigenvalue weighted by atomic mass is 16.6. The van der Waals surface area contributed by atoms with E-state index in [1.807, 2.05) is 31.4 Å². The highest BCUT2D eigenvalue weighted by Gasteiger charge is 2.21. The molecule has 5 rings (SSSR count). The molecular weight excluding hydrogens is 530 g/mol. The van der Waals surface area contributed by atoms with E-state index in [4.69, 9.17) is 24.2 Å². The topological polar surface area (TPSA) is 161 Å². The van der Waals surface area contributed by atoms with Gasteiger partial charge in [-0.2, -0.15) is 9.97 Å². The lowest BCUT2D eigenvalue weighted by atomic mass is 10.2. The molecule has 0 radical (unpaired) electrons. The molecule has 0 spiro atoms. The number of fused-ring (bicyclic) bond motifs is 2. The minimum atomic E-state index is -0.577. The van der Waals surface area contributed by atoms with Crippen LogP contribution in [0.5, 0.6) is 0 Å². The Morgan fingerprint density at radius 2 is 1.93 bits per heavy atom. The number of hydrogen-bond donors (Lipinski definition) is 3. The smallest absolute Gasteiger partial charge is 0.407 e. The standard InChI is InChI=1S/C27H35N9O5/c1-5-40-24(37)17-7-6-8-18-20(17)32-19(31-18)15-29-22-21-23(34-25(33-22)35-11-13-39-14-12-35)36(16-30-21)10-9-28-26(38)41-27(2,3)4/h6-8,16H,5,9-15H2,1-4H3,(H,28,38)(H,31,32)(H,29,33,34). The third-order valence-corrected chi connectivity index (χ3v) is 6.25. The summed E-state index contributed by atoms with van der Waals surface area (Å²) in [6.07, 6.45) is 1.20. The van der Waals surface area contributed by atoms with Gasteiger partial charge in [0.15, 0.2) is 17.0 Å². The molecule has 218 valence electrons. The number of nitrogens with one attached hydrogen (secondary N) is 3. The summed E-state index contributed by atoms with van der Waals surface area (Å²) in [5.41, 5.74) is 2.33. The highest BCUT2D eigenvalue weighted by molar-refractivity contribution is 6.02. The second-order valence-corrected chi connectivity index (χ2v) is 10.5. The zero-order valence-electron chi connectivity index (χ0n) is 23.7. The zero-order chi connectivity index (χ0) is 29.0. The molecule has 0 unspecified atom stereocenters. The van der Waals surface area contributed by atoms with E-state index in [0.29, 0.717) is 85.8 Å². The van der Waals surface area contributed by atoms with Gasteiger partial charge in [-0.3, -0.25) is 0 Å². The molecule has 1 amide bonds. The first-order valence-corrected chi connectivity index (χ1v) is 13.6. The molecule has 1 saturated heterocycles. The number of ether oxygens (including phenoxy) is 3. The summed E-state index contributed by atoms with van der Waals surface area (Å²) in [5, 5.41) is 6.12. The third-order valence-electron chi connectivity index (χ3n) is 6.25. The van der Waals surface area contributed by atoms with Crippen LogP contribution in [0.1, 0.15) is 43.9 Å². The normalized spacial score (nSPS) is 13.9. The number of anilines is 2. The van der Waals surface area contributed by atoms with Gasteiger partial charge in [-0.05, 0) is 39.8 Å². The predicted molar refractivity (Wildman–Crippen MR) is 152 cm³/mol. The maximum Gasteiger partial charge on any atom is 0.407 e. The molecule has 1 aliphatic rings. The first-order valence-electron chi connectivity index (χ1n) is 13.6. The average Bonchev–Trinajstić information content (AvgIpc) is 3.55. The van der Waals surface area contributed by atoms with Crippen LogP contribution in [0.3, 0.4) is 0 Å². The second kappa shape index (κ2) is 12.0. The van der Waals surface area contributed by atoms with Crippen LogP contribution in [-0.2, 0) is 27.3 Å². The van der Waals surface area contributed by atoms with Crippen LogP contribution in [0.25, 0.3) is 22.2 Å². The first kappa shape index (κ1) is 28.1. The summed E-state index contributed by atoms with van der Waals surface area (Å²) < 4.78 is 17.9. The van der Waals surface area contributed by atoms with E-state index in [1.54, 1.807) is 25.4 Å². The van der Waals surface area contributed by atoms with Crippen LogP contribution < -0.4 is 15.5 Å². The van der Waals surface area contributed by atoms with Gasteiger partial charge in [-0.1, -0.05) is 6.07 Å². The van der Waals surface area contributed by atoms with E-state index in [9.17, 15) is 9.59 Å². The molecule has 4 aromatic rings. The molecule has 0 aliphatic carbocycles. The Morgan fingerprint density at radius 3 is 2.68 bits per heavy atom. The van der Waals surface area contributed by atoms with Crippen molar-refractivity contribution in [3.8, 4) is 0 Å². The number of aromatic amines is 1. The maximum atomic E-state index is 12.4. The molecule has 1 fully saturated rings. The van der Waals surface area contributed by atoms with Crippen molar-refractivity contribution in [2.24, 2.45) is 0 Å². The largest absolute Gasteiger partial charge is 0.462 e. The Labute approximate surface area is 236 Å². The molecule has 14 nitrogen and oxygen atoms in total. The number of alkyl carbamates (subject to hydrolysis) is 1. The van der Waals surface area contributed by atoms with Crippen molar-refractivity contribution in [3.05, 3.63) is 35.9 Å². The number of imidazole rings is 2. The van der Waals surface area contributed by atoms with Crippen molar-refractivity contribution in [2.75, 3.05) is 49.7 Å². The van der Waals surface area contributed by atoms with Crippen molar-refractivity contribution in [1.29, 1.82) is 0 Å². The van der Waals surface area contributed by atoms with Crippen LogP contribution in [-0.4, -0.2) is 86.6 Å². The second-order valence-electron chi connectivity index (χ2n) is 10.5. The van der Waals surface area contributed by atoms with Gasteiger partial charge < -0.3 is 39.3 Å². The first-order chi connectivity index (χ1) is 19.7. The van der Waals surface area contributed by atoms with Crippen LogP contribution in [0.2, 0.25) is 0 Å².